The molecule has 0 aliphatic carbocycles. The van der Waals surface area contributed by atoms with Gasteiger partial charge in [-0.2, -0.15) is 0 Å². The minimum absolute atomic E-state index is 0.313. The highest BCUT2D eigenvalue weighted by atomic mass is 16.5. The van der Waals surface area contributed by atoms with E-state index in [1.807, 2.05) is 6.92 Å². The number of aromatic nitrogens is 2. The molecule has 0 fully saturated rings. The van der Waals surface area contributed by atoms with E-state index in [9.17, 15) is 4.79 Å². The largest absolute Gasteiger partial charge is 0.370 e. The summed E-state index contributed by atoms with van der Waals surface area (Å²) in [5.41, 5.74) is 1.03. The van der Waals surface area contributed by atoms with E-state index in [1.165, 1.54) is 0 Å². The molecule has 0 bridgehead atoms. The van der Waals surface area contributed by atoms with Crippen LogP contribution < -0.4 is 10.6 Å². The predicted molar refractivity (Wildman–Crippen MR) is 67.6 cm³/mol. The van der Waals surface area contributed by atoms with Gasteiger partial charge in [0.15, 0.2) is 0 Å². The van der Waals surface area contributed by atoms with Gasteiger partial charge in [-0.25, -0.2) is 4.98 Å². The van der Waals surface area contributed by atoms with Crippen LogP contribution in [0.4, 0.5) is 11.7 Å². The second-order valence-corrected chi connectivity index (χ2v) is 3.73. The zero-order valence-corrected chi connectivity index (χ0v) is 10.2. The minimum Gasteiger partial charge on any atom is -0.370 e. The summed E-state index contributed by atoms with van der Waals surface area (Å²) in [6.07, 6.45) is 0. The standard InChI is InChI=1S/C12H14N4O2/c1-3-13-10-6-4-5-9(14-10)12(17)15-11-7-8(2)16-18-11/h4-7H,3H2,1-2H3,(H,13,14)(H,15,17). The quantitative estimate of drug-likeness (QED) is 0.863. The molecule has 2 rings (SSSR count). The van der Waals surface area contributed by atoms with Crippen molar-refractivity contribution in [3.05, 3.63) is 35.7 Å². The average Bonchev–Trinajstić information content (AvgIpc) is 2.75. The van der Waals surface area contributed by atoms with Crippen LogP contribution in [-0.4, -0.2) is 22.6 Å². The fraction of sp³-hybridized carbons (Fsp3) is 0.250. The summed E-state index contributed by atoms with van der Waals surface area (Å²) in [5.74, 6) is 0.651. The third kappa shape index (κ3) is 2.85. The van der Waals surface area contributed by atoms with Gasteiger partial charge in [0.1, 0.15) is 11.5 Å². The second kappa shape index (κ2) is 5.31. The number of amides is 1. The van der Waals surface area contributed by atoms with E-state index in [4.69, 9.17) is 4.52 Å². The molecule has 94 valence electrons. The molecule has 0 saturated heterocycles. The van der Waals surface area contributed by atoms with E-state index >= 15 is 0 Å². The van der Waals surface area contributed by atoms with Crippen molar-refractivity contribution in [1.29, 1.82) is 0 Å². The number of pyridine rings is 1. The van der Waals surface area contributed by atoms with Crippen molar-refractivity contribution in [1.82, 2.24) is 10.1 Å². The molecule has 0 atom stereocenters. The van der Waals surface area contributed by atoms with Gasteiger partial charge < -0.3 is 9.84 Å². The third-order valence-electron chi connectivity index (χ3n) is 2.20. The zero-order valence-electron chi connectivity index (χ0n) is 10.2. The maximum Gasteiger partial charge on any atom is 0.276 e. The van der Waals surface area contributed by atoms with Gasteiger partial charge in [-0.15, -0.1) is 0 Å². The average molecular weight is 246 g/mol. The highest BCUT2D eigenvalue weighted by molar-refractivity contribution is 6.02. The second-order valence-electron chi connectivity index (χ2n) is 3.73. The first kappa shape index (κ1) is 12.1. The molecular formula is C12H14N4O2. The summed E-state index contributed by atoms with van der Waals surface area (Å²) in [7, 11) is 0. The van der Waals surface area contributed by atoms with Gasteiger partial charge in [0, 0.05) is 12.6 Å². The van der Waals surface area contributed by atoms with Crippen molar-refractivity contribution < 1.29 is 9.32 Å². The Bertz CT molecular complexity index is 551. The van der Waals surface area contributed by atoms with Gasteiger partial charge >= 0.3 is 0 Å². The Balaban J connectivity index is 2.11. The van der Waals surface area contributed by atoms with Crippen LogP contribution in [0.15, 0.2) is 28.8 Å². The van der Waals surface area contributed by atoms with Crippen molar-refractivity contribution in [3.8, 4) is 0 Å². The van der Waals surface area contributed by atoms with E-state index in [0.29, 0.717) is 23.1 Å². The van der Waals surface area contributed by atoms with E-state index in [1.54, 1.807) is 31.2 Å². The van der Waals surface area contributed by atoms with Crippen LogP contribution in [-0.2, 0) is 0 Å². The minimum atomic E-state index is -0.328. The van der Waals surface area contributed by atoms with Crippen LogP contribution in [0.2, 0.25) is 0 Å². The lowest BCUT2D eigenvalue weighted by atomic mass is 10.3. The number of nitrogens with zero attached hydrogens (tertiary/aromatic N) is 2. The van der Waals surface area contributed by atoms with Crippen molar-refractivity contribution in [3.63, 3.8) is 0 Å². The van der Waals surface area contributed by atoms with Gasteiger partial charge in [-0.05, 0) is 26.0 Å². The van der Waals surface area contributed by atoms with Gasteiger partial charge in [0.25, 0.3) is 5.91 Å². The molecule has 2 heterocycles. The molecule has 6 heteroatoms. The summed E-state index contributed by atoms with van der Waals surface area (Å²) in [6.45, 7) is 4.49. The van der Waals surface area contributed by atoms with Gasteiger partial charge in [-0.3, -0.25) is 10.1 Å². The van der Waals surface area contributed by atoms with E-state index in [0.717, 1.165) is 6.54 Å². The molecular weight excluding hydrogens is 232 g/mol. The SMILES string of the molecule is CCNc1cccc(C(=O)Nc2cc(C)no2)n1. The molecule has 0 aliphatic rings. The Kier molecular flexibility index (Phi) is 3.57. The lowest BCUT2D eigenvalue weighted by Gasteiger charge is -2.04. The number of anilines is 2. The van der Waals surface area contributed by atoms with Gasteiger partial charge in [0.2, 0.25) is 5.88 Å². The third-order valence-corrected chi connectivity index (χ3v) is 2.20. The number of rotatable bonds is 4. The van der Waals surface area contributed by atoms with Crippen LogP contribution >= 0.6 is 0 Å². The van der Waals surface area contributed by atoms with Crippen LogP contribution in [0.5, 0.6) is 0 Å². The molecule has 18 heavy (non-hydrogen) atoms. The Morgan fingerprint density at radius 1 is 1.44 bits per heavy atom. The number of hydrogen-bond acceptors (Lipinski definition) is 5. The van der Waals surface area contributed by atoms with Crippen molar-refractivity contribution in [2.45, 2.75) is 13.8 Å². The smallest absolute Gasteiger partial charge is 0.276 e. The molecule has 0 spiro atoms. The fourth-order valence-corrected chi connectivity index (χ4v) is 1.44. The molecule has 6 nitrogen and oxygen atoms in total. The summed E-state index contributed by atoms with van der Waals surface area (Å²) < 4.78 is 4.91. The van der Waals surface area contributed by atoms with Crippen molar-refractivity contribution >= 4 is 17.6 Å². The lowest BCUT2D eigenvalue weighted by molar-refractivity contribution is 0.101. The number of aryl methyl sites for hydroxylation is 1. The lowest BCUT2D eigenvalue weighted by Crippen LogP contribution is -2.14. The number of carbonyl (C=O) groups excluding carboxylic acids is 1. The van der Waals surface area contributed by atoms with Gasteiger partial charge in [-0.1, -0.05) is 11.2 Å². The Labute approximate surface area is 104 Å². The molecule has 0 saturated carbocycles. The monoisotopic (exact) mass is 246 g/mol. The van der Waals surface area contributed by atoms with Gasteiger partial charge in [0.05, 0.1) is 5.69 Å². The normalized spacial score (nSPS) is 10.1. The fourth-order valence-electron chi connectivity index (χ4n) is 1.44. The van der Waals surface area contributed by atoms with Crippen LogP contribution in [0.1, 0.15) is 23.1 Å². The highest BCUT2D eigenvalue weighted by Gasteiger charge is 2.10. The van der Waals surface area contributed by atoms with Crippen LogP contribution in [0, 0.1) is 6.92 Å². The maximum absolute atomic E-state index is 11.9. The topological polar surface area (TPSA) is 80.0 Å². The number of nitrogens with one attached hydrogen (secondary N) is 2. The molecule has 0 aromatic carbocycles. The molecule has 2 N–H and O–H groups in total. The molecule has 0 unspecified atom stereocenters. The highest BCUT2D eigenvalue weighted by Crippen LogP contribution is 2.11. The molecule has 0 aliphatic heterocycles. The van der Waals surface area contributed by atoms with E-state index in [-0.39, 0.29) is 5.91 Å². The molecule has 2 aromatic rings. The predicted octanol–water partition coefficient (Wildman–Crippen LogP) is 2.06. The van der Waals surface area contributed by atoms with Crippen molar-refractivity contribution in [2.24, 2.45) is 0 Å². The van der Waals surface area contributed by atoms with Crippen LogP contribution in [0.3, 0.4) is 0 Å². The number of hydrogen-bond donors (Lipinski definition) is 2. The Morgan fingerprint density at radius 3 is 2.94 bits per heavy atom. The molecule has 1 amide bonds. The summed E-state index contributed by atoms with van der Waals surface area (Å²) in [6, 6.07) is 6.86. The van der Waals surface area contributed by atoms with Crippen molar-refractivity contribution in [2.75, 3.05) is 17.2 Å². The number of carbonyl (C=O) groups is 1. The van der Waals surface area contributed by atoms with E-state index in [2.05, 4.69) is 20.8 Å². The first-order valence-corrected chi connectivity index (χ1v) is 5.64. The first-order chi connectivity index (χ1) is 8.69. The zero-order chi connectivity index (χ0) is 13.0. The first-order valence-electron chi connectivity index (χ1n) is 5.64. The Hall–Kier alpha value is -2.37. The van der Waals surface area contributed by atoms with E-state index < -0.39 is 0 Å². The Morgan fingerprint density at radius 2 is 2.28 bits per heavy atom. The maximum atomic E-state index is 11.9. The summed E-state index contributed by atoms with van der Waals surface area (Å²) in [4.78, 5) is 16.1. The molecule has 2 aromatic heterocycles. The summed E-state index contributed by atoms with van der Waals surface area (Å²) >= 11 is 0. The van der Waals surface area contributed by atoms with Crippen LogP contribution in [0.25, 0.3) is 0 Å². The summed E-state index contributed by atoms with van der Waals surface area (Å²) in [5, 5.41) is 9.32. The molecule has 0 radical (unpaired) electrons.